The van der Waals surface area contributed by atoms with Crippen LogP contribution in [0, 0.1) is 35.5 Å². The summed E-state index contributed by atoms with van der Waals surface area (Å²) in [7, 11) is 0. The molecular formula is C8H10N2. The Morgan fingerprint density at radius 1 is 0.600 bits per heavy atom. The highest BCUT2D eigenvalue weighted by Gasteiger charge is 3.08. The van der Waals surface area contributed by atoms with Gasteiger partial charge in [-0.05, 0) is 35.5 Å². The SMILES string of the molecule is NC12C3C4C1C1C2C3C41N. The van der Waals surface area contributed by atoms with E-state index in [-0.39, 0.29) is 0 Å². The molecule has 0 atom stereocenters. The minimum absolute atomic E-state index is 0.362. The van der Waals surface area contributed by atoms with Crippen LogP contribution in [0.3, 0.4) is 0 Å². The van der Waals surface area contributed by atoms with E-state index in [0.717, 1.165) is 35.5 Å². The molecule has 10 heavy (non-hydrogen) atoms. The zero-order valence-electron chi connectivity index (χ0n) is 5.62. The van der Waals surface area contributed by atoms with E-state index in [1.165, 1.54) is 0 Å². The fraction of sp³-hybridized carbons (Fsp3) is 1.00. The van der Waals surface area contributed by atoms with Crippen molar-refractivity contribution in [1.29, 1.82) is 0 Å². The first kappa shape index (κ1) is 4.07. The first-order valence-electron chi connectivity index (χ1n) is 4.31. The van der Waals surface area contributed by atoms with E-state index in [9.17, 15) is 0 Å². The van der Waals surface area contributed by atoms with E-state index in [1.807, 2.05) is 0 Å². The third-order valence-corrected chi connectivity index (χ3v) is 5.79. The molecule has 0 aromatic carbocycles. The number of rotatable bonds is 0. The van der Waals surface area contributed by atoms with Crippen LogP contribution in [-0.2, 0) is 0 Å². The molecule has 52 valence electrons. The van der Waals surface area contributed by atoms with Crippen LogP contribution in [0.5, 0.6) is 0 Å². The molecule has 0 unspecified atom stereocenters. The highest BCUT2D eigenvalue weighted by Crippen LogP contribution is 3.02. The minimum Gasteiger partial charge on any atom is -0.324 e. The highest BCUT2D eigenvalue weighted by molar-refractivity contribution is 5.61. The molecule has 0 spiro atoms. The summed E-state index contributed by atoms with van der Waals surface area (Å²) in [5, 5.41) is 0. The molecule has 6 fully saturated rings. The molecule has 2 heteroatoms. The first-order valence-corrected chi connectivity index (χ1v) is 4.31. The van der Waals surface area contributed by atoms with Crippen LogP contribution in [0.25, 0.3) is 0 Å². The summed E-state index contributed by atoms with van der Waals surface area (Å²) >= 11 is 0. The summed E-state index contributed by atoms with van der Waals surface area (Å²) < 4.78 is 0. The topological polar surface area (TPSA) is 52.0 Å². The van der Waals surface area contributed by atoms with E-state index >= 15 is 0 Å². The zero-order valence-corrected chi connectivity index (χ0v) is 5.62. The maximum Gasteiger partial charge on any atom is 0.0260 e. The van der Waals surface area contributed by atoms with Crippen molar-refractivity contribution in [3.8, 4) is 0 Å². The van der Waals surface area contributed by atoms with Gasteiger partial charge in [-0.3, -0.25) is 0 Å². The van der Waals surface area contributed by atoms with Crippen molar-refractivity contribution in [1.82, 2.24) is 0 Å². The Balaban J connectivity index is 1.87. The molecule has 2 nitrogen and oxygen atoms in total. The van der Waals surface area contributed by atoms with Crippen LogP contribution in [0.2, 0.25) is 0 Å². The Bertz CT molecular complexity index is 212. The molecule has 6 aliphatic carbocycles. The predicted octanol–water partition coefficient (Wildman–Crippen LogP) is -0.853. The van der Waals surface area contributed by atoms with E-state index < -0.39 is 0 Å². The highest BCUT2D eigenvalue weighted by atomic mass is 15.3. The largest absolute Gasteiger partial charge is 0.324 e. The monoisotopic (exact) mass is 134 g/mol. The molecular weight excluding hydrogens is 124 g/mol. The zero-order chi connectivity index (χ0) is 6.46. The Morgan fingerprint density at radius 3 is 1.00 bits per heavy atom. The van der Waals surface area contributed by atoms with Gasteiger partial charge in [-0.25, -0.2) is 0 Å². The van der Waals surface area contributed by atoms with Crippen molar-refractivity contribution < 1.29 is 0 Å². The fourth-order valence-corrected chi connectivity index (χ4v) is 5.69. The lowest BCUT2D eigenvalue weighted by atomic mass is 8.96. The normalized spacial score (nSPS) is 104. The molecule has 6 saturated carbocycles. The van der Waals surface area contributed by atoms with Crippen molar-refractivity contribution >= 4 is 0 Å². The second-order valence-electron chi connectivity index (χ2n) is 5.15. The third-order valence-electron chi connectivity index (χ3n) is 5.79. The second-order valence-corrected chi connectivity index (χ2v) is 5.15. The summed E-state index contributed by atoms with van der Waals surface area (Å²) in [4.78, 5) is 0. The molecule has 0 aliphatic heterocycles. The molecule has 0 aromatic rings. The third kappa shape index (κ3) is 0.106. The Morgan fingerprint density at radius 2 is 0.800 bits per heavy atom. The first-order chi connectivity index (χ1) is 4.73. The molecule has 0 saturated heterocycles. The van der Waals surface area contributed by atoms with Gasteiger partial charge in [0.25, 0.3) is 0 Å². The summed E-state index contributed by atoms with van der Waals surface area (Å²) in [6, 6.07) is 0. The molecule has 0 radical (unpaired) electrons. The lowest BCUT2D eigenvalue weighted by Gasteiger charge is -3.10. The maximum absolute atomic E-state index is 6.19. The number of hydrogen-bond acceptors (Lipinski definition) is 2. The molecule has 0 heterocycles. The van der Waals surface area contributed by atoms with Crippen LogP contribution in [0.1, 0.15) is 0 Å². The molecule has 6 rings (SSSR count). The average molecular weight is 134 g/mol. The summed E-state index contributed by atoms with van der Waals surface area (Å²) in [6.07, 6.45) is 0. The van der Waals surface area contributed by atoms with Gasteiger partial charge in [0.15, 0.2) is 0 Å². The van der Waals surface area contributed by atoms with Gasteiger partial charge in [0.05, 0.1) is 0 Å². The van der Waals surface area contributed by atoms with Gasteiger partial charge in [-0.1, -0.05) is 0 Å². The van der Waals surface area contributed by atoms with Crippen LogP contribution < -0.4 is 11.5 Å². The van der Waals surface area contributed by atoms with Crippen LogP contribution in [-0.4, -0.2) is 11.1 Å². The van der Waals surface area contributed by atoms with Gasteiger partial charge in [0, 0.05) is 11.1 Å². The second kappa shape index (κ2) is 0.625. The van der Waals surface area contributed by atoms with Crippen LogP contribution in [0.4, 0.5) is 0 Å². The summed E-state index contributed by atoms with van der Waals surface area (Å²) in [5.74, 6) is 5.40. The van der Waals surface area contributed by atoms with Crippen molar-refractivity contribution in [3.05, 3.63) is 0 Å². The Hall–Kier alpha value is -0.0800. The summed E-state index contributed by atoms with van der Waals surface area (Å²) in [6.45, 7) is 0. The van der Waals surface area contributed by atoms with Gasteiger partial charge in [0.2, 0.25) is 0 Å². The van der Waals surface area contributed by atoms with E-state index in [4.69, 9.17) is 11.5 Å². The Kier molecular flexibility index (Phi) is 0.255. The lowest BCUT2D eigenvalue weighted by molar-refractivity contribution is -0.579. The van der Waals surface area contributed by atoms with E-state index in [2.05, 4.69) is 0 Å². The minimum atomic E-state index is 0.362. The van der Waals surface area contributed by atoms with Crippen LogP contribution in [0.15, 0.2) is 0 Å². The number of hydrogen-bond donors (Lipinski definition) is 2. The van der Waals surface area contributed by atoms with Crippen molar-refractivity contribution in [2.24, 2.45) is 47.0 Å². The molecule has 4 N–H and O–H groups in total. The number of nitrogens with two attached hydrogens (primary N) is 2. The van der Waals surface area contributed by atoms with Crippen LogP contribution >= 0.6 is 0 Å². The average Bonchev–Trinajstić information content (AvgIpc) is 1.99. The summed E-state index contributed by atoms with van der Waals surface area (Å²) in [5.41, 5.74) is 13.1. The van der Waals surface area contributed by atoms with Crippen molar-refractivity contribution in [2.75, 3.05) is 0 Å². The van der Waals surface area contributed by atoms with Gasteiger partial charge in [-0.15, -0.1) is 0 Å². The van der Waals surface area contributed by atoms with Crippen molar-refractivity contribution in [3.63, 3.8) is 0 Å². The van der Waals surface area contributed by atoms with Gasteiger partial charge in [0.1, 0.15) is 0 Å². The van der Waals surface area contributed by atoms with E-state index in [1.54, 1.807) is 0 Å². The van der Waals surface area contributed by atoms with Gasteiger partial charge in [-0.2, -0.15) is 0 Å². The Labute approximate surface area is 58.9 Å². The quantitative estimate of drug-likeness (QED) is 0.453. The van der Waals surface area contributed by atoms with E-state index in [0.29, 0.717) is 11.1 Å². The standard InChI is InChI=1S/C8H10N2/c9-7-1-2-4(7)6-5(7)3(1)8(2,6)10/h1-6H,9-10H2. The molecule has 0 aromatic heterocycles. The molecule has 0 amide bonds. The van der Waals surface area contributed by atoms with Crippen molar-refractivity contribution in [2.45, 2.75) is 11.1 Å². The maximum atomic E-state index is 6.19. The molecule has 0 bridgehead atoms. The predicted molar refractivity (Wildman–Crippen MR) is 34.8 cm³/mol. The fourth-order valence-electron chi connectivity index (χ4n) is 5.69. The smallest absolute Gasteiger partial charge is 0.0260 e. The lowest BCUT2D eigenvalue weighted by Crippen LogP contribution is -3.19. The van der Waals surface area contributed by atoms with Gasteiger partial charge < -0.3 is 11.5 Å². The molecule has 6 aliphatic rings. The van der Waals surface area contributed by atoms with Gasteiger partial charge >= 0.3 is 0 Å².